The van der Waals surface area contributed by atoms with Crippen LogP contribution in [0.1, 0.15) is 63.5 Å². The molecule has 0 aliphatic heterocycles. The highest BCUT2D eigenvalue weighted by Crippen LogP contribution is 2.31. The molecular weight excluding hydrogens is 536 g/mol. The monoisotopic (exact) mass is 576 g/mol. The standard InChI is InChI=1S/C34H40O8/c1-23(2)31(35)39-21-5-7-25-9-17-29(18-10-25)41-33(37)27-13-15-28(16-14-27)34(38)42-30-19-11-26(12-20-30)8-6-22-40-32(36)24(3)4/h9-12,17-20,27-28H,1,3,5-8,13-16,21-22H2,2,4H3. The minimum Gasteiger partial charge on any atom is -0.462 e. The van der Waals surface area contributed by atoms with E-state index in [4.69, 9.17) is 18.9 Å². The highest BCUT2D eigenvalue weighted by Gasteiger charge is 2.32. The second-order valence-corrected chi connectivity index (χ2v) is 10.7. The lowest BCUT2D eigenvalue weighted by atomic mass is 9.82. The first kappa shape index (κ1) is 32.3. The number of benzene rings is 2. The van der Waals surface area contributed by atoms with Crippen LogP contribution in [0.2, 0.25) is 0 Å². The second-order valence-electron chi connectivity index (χ2n) is 10.7. The number of hydrogen-bond acceptors (Lipinski definition) is 8. The fourth-order valence-electron chi connectivity index (χ4n) is 4.54. The highest BCUT2D eigenvalue weighted by atomic mass is 16.5. The lowest BCUT2D eigenvalue weighted by molar-refractivity contribution is -0.145. The van der Waals surface area contributed by atoms with Crippen LogP contribution in [0.15, 0.2) is 72.8 Å². The van der Waals surface area contributed by atoms with Crippen LogP contribution in [0.25, 0.3) is 0 Å². The fraction of sp³-hybridized carbons (Fsp3) is 0.412. The zero-order valence-corrected chi connectivity index (χ0v) is 24.5. The van der Waals surface area contributed by atoms with Gasteiger partial charge in [0.2, 0.25) is 0 Å². The van der Waals surface area contributed by atoms with E-state index in [1.807, 2.05) is 24.3 Å². The summed E-state index contributed by atoms with van der Waals surface area (Å²) in [6, 6.07) is 14.6. The molecule has 8 heteroatoms. The van der Waals surface area contributed by atoms with Gasteiger partial charge in [0.05, 0.1) is 25.0 Å². The van der Waals surface area contributed by atoms with Crippen LogP contribution in [0.4, 0.5) is 0 Å². The third-order valence-electron chi connectivity index (χ3n) is 7.06. The Kier molecular flexibility index (Phi) is 12.5. The molecule has 224 valence electrons. The van der Waals surface area contributed by atoms with E-state index in [0.717, 1.165) is 24.0 Å². The summed E-state index contributed by atoms with van der Waals surface area (Å²) in [6.07, 6.45) is 5.09. The van der Waals surface area contributed by atoms with Crippen LogP contribution in [-0.4, -0.2) is 37.1 Å². The van der Waals surface area contributed by atoms with E-state index in [1.54, 1.807) is 38.1 Å². The molecule has 0 atom stereocenters. The maximum Gasteiger partial charge on any atom is 0.333 e. The second kappa shape index (κ2) is 16.3. The van der Waals surface area contributed by atoms with Gasteiger partial charge in [0, 0.05) is 11.1 Å². The fourth-order valence-corrected chi connectivity index (χ4v) is 4.54. The Labute approximate surface area is 247 Å². The molecule has 1 aliphatic rings. The number of ether oxygens (including phenoxy) is 4. The molecule has 0 aromatic heterocycles. The number of hydrogen-bond donors (Lipinski definition) is 0. The van der Waals surface area contributed by atoms with Gasteiger partial charge in [-0.2, -0.15) is 0 Å². The summed E-state index contributed by atoms with van der Waals surface area (Å²) in [5.41, 5.74) is 2.87. The number of aryl methyl sites for hydroxylation is 2. The van der Waals surface area contributed by atoms with Gasteiger partial charge >= 0.3 is 23.9 Å². The highest BCUT2D eigenvalue weighted by molar-refractivity contribution is 5.87. The molecule has 1 fully saturated rings. The molecular formula is C34H40O8. The van der Waals surface area contributed by atoms with Crippen LogP contribution in [0.3, 0.4) is 0 Å². The Bertz CT molecular complexity index is 1150. The molecule has 1 aliphatic carbocycles. The van der Waals surface area contributed by atoms with Crippen LogP contribution in [-0.2, 0) is 41.5 Å². The van der Waals surface area contributed by atoms with Crippen molar-refractivity contribution in [1.82, 2.24) is 0 Å². The molecule has 42 heavy (non-hydrogen) atoms. The SMILES string of the molecule is C=C(C)C(=O)OCCCc1ccc(OC(=O)C2CCC(C(=O)Oc3ccc(CCCOC(=O)C(=C)C)cc3)CC2)cc1. The van der Waals surface area contributed by atoms with Crippen molar-refractivity contribution in [1.29, 1.82) is 0 Å². The minimum atomic E-state index is -0.386. The van der Waals surface area contributed by atoms with Gasteiger partial charge < -0.3 is 18.9 Å². The Hall–Kier alpha value is -4.20. The van der Waals surface area contributed by atoms with Crippen molar-refractivity contribution in [2.24, 2.45) is 11.8 Å². The molecule has 0 radical (unpaired) electrons. The molecule has 0 bridgehead atoms. The number of rotatable bonds is 14. The Morgan fingerprint density at radius 1 is 0.619 bits per heavy atom. The van der Waals surface area contributed by atoms with Crippen LogP contribution < -0.4 is 9.47 Å². The summed E-state index contributed by atoms with van der Waals surface area (Å²) in [4.78, 5) is 48.3. The maximum atomic E-state index is 12.7. The van der Waals surface area contributed by atoms with Crippen molar-refractivity contribution < 1.29 is 38.1 Å². The third-order valence-corrected chi connectivity index (χ3v) is 7.06. The quantitative estimate of drug-likeness (QED) is 0.115. The Morgan fingerprint density at radius 2 is 0.952 bits per heavy atom. The number of esters is 4. The van der Waals surface area contributed by atoms with Gasteiger partial charge in [-0.05, 0) is 101 Å². The summed E-state index contributed by atoms with van der Waals surface area (Å²) in [7, 11) is 0. The predicted octanol–water partition coefficient (Wildman–Crippen LogP) is 6.11. The van der Waals surface area contributed by atoms with Crippen molar-refractivity contribution in [3.8, 4) is 11.5 Å². The first-order valence-electron chi connectivity index (χ1n) is 14.4. The molecule has 0 spiro atoms. The van der Waals surface area contributed by atoms with Gasteiger partial charge in [-0.25, -0.2) is 9.59 Å². The average Bonchev–Trinajstić information content (AvgIpc) is 2.98. The van der Waals surface area contributed by atoms with E-state index < -0.39 is 0 Å². The first-order valence-corrected chi connectivity index (χ1v) is 14.4. The van der Waals surface area contributed by atoms with E-state index >= 15 is 0 Å². The summed E-state index contributed by atoms with van der Waals surface area (Å²) < 4.78 is 21.4. The zero-order valence-electron chi connectivity index (χ0n) is 24.5. The van der Waals surface area contributed by atoms with E-state index in [1.165, 1.54) is 0 Å². The normalized spacial score (nSPS) is 16.1. The molecule has 2 aromatic rings. The van der Waals surface area contributed by atoms with Crippen molar-refractivity contribution in [3.63, 3.8) is 0 Å². The molecule has 1 saturated carbocycles. The lowest BCUT2D eigenvalue weighted by Gasteiger charge is -2.25. The van der Waals surface area contributed by atoms with E-state index in [-0.39, 0.29) is 35.7 Å². The predicted molar refractivity (Wildman–Crippen MR) is 158 cm³/mol. The van der Waals surface area contributed by atoms with Gasteiger partial charge in [-0.1, -0.05) is 37.4 Å². The molecule has 3 rings (SSSR count). The van der Waals surface area contributed by atoms with E-state index in [0.29, 0.717) is 74.4 Å². The number of carbonyl (C=O) groups excluding carboxylic acids is 4. The van der Waals surface area contributed by atoms with Crippen LogP contribution in [0, 0.1) is 11.8 Å². The summed E-state index contributed by atoms with van der Waals surface area (Å²) in [5.74, 6) is -0.898. The van der Waals surface area contributed by atoms with Gasteiger partial charge in [-0.3, -0.25) is 9.59 Å². The van der Waals surface area contributed by atoms with Gasteiger partial charge in [0.15, 0.2) is 0 Å². The summed E-state index contributed by atoms with van der Waals surface area (Å²) in [5, 5.41) is 0. The van der Waals surface area contributed by atoms with Crippen LogP contribution in [0.5, 0.6) is 11.5 Å². The van der Waals surface area contributed by atoms with Crippen LogP contribution >= 0.6 is 0 Å². The van der Waals surface area contributed by atoms with Crippen molar-refractivity contribution >= 4 is 23.9 Å². The topological polar surface area (TPSA) is 105 Å². The molecule has 0 saturated heterocycles. The van der Waals surface area contributed by atoms with Gasteiger partial charge in [0.1, 0.15) is 11.5 Å². The zero-order chi connectivity index (χ0) is 30.5. The van der Waals surface area contributed by atoms with E-state index in [9.17, 15) is 19.2 Å². The largest absolute Gasteiger partial charge is 0.462 e. The summed E-state index contributed by atoms with van der Waals surface area (Å²) >= 11 is 0. The van der Waals surface area contributed by atoms with Crippen molar-refractivity contribution in [2.45, 2.75) is 65.2 Å². The molecule has 0 amide bonds. The number of carbonyl (C=O) groups is 4. The van der Waals surface area contributed by atoms with Gasteiger partial charge in [-0.15, -0.1) is 0 Å². The lowest BCUT2D eigenvalue weighted by Crippen LogP contribution is -2.30. The minimum absolute atomic E-state index is 0.259. The average molecular weight is 577 g/mol. The van der Waals surface area contributed by atoms with Crippen molar-refractivity contribution in [3.05, 3.63) is 84.0 Å². The first-order chi connectivity index (χ1) is 20.1. The van der Waals surface area contributed by atoms with E-state index in [2.05, 4.69) is 13.2 Å². The third kappa shape index (κ3) is 10.7. The van der Waals surface area contributed by atoms with Crippen molar-refractivity contribution in [2.75, 3.05) is 13.2 Å². The molecule has 8 nitrogen and oxygen atoms in total. The molecule has 0 heterocycles. The smallest absolute Gasteiger partial charge is 0.333 e. The van der Waals surface area contributed by atoms with Gasteiger partial charge in [0.25, 0.3) is 0 Å². The Morgan fingerprint density at radius 3 is 1.26 bits per heavy atom. The maximum absolute atomic E-state index is 12.7. The molecule has 2 aromatic carbocycles. The summed E-state index contributed by atoms with van der Waals surface area (Å²) in [6.45, 7) is 11.0. The molecule has 0 N–H and O–H groups in total. The molecule has 0 unspecified atom stereocenters. The Balaban J connectivity index is 1.34.